The lowest BCUT2D eigenvalue weighted by Gasteiger charge is -2.11. The van der Waals surface area contributed by atoms with Crippen molar-refractivity contribution in [3.63, 3.8) is 0 Å². The van der Waals surface area contributed by atoms with Crippen molar-refractivity contribution in [1.82, 2.24) is 19.7 Å². The zero-order chi connectivity index (χ0) is 15.9. The molecule has 1 aliphatic carbocycles. The highest BCUT2D eigenvalue weighted by atomic mass is 16.2. The summed E-state index contributed by atoms with van der Waals surface area (Å²) < 4.78 is 1.29. The Morgan fingerprint density at radius 2 is 2.05 bits per heavy atom. The summed E-state index contributed by atoms with van der Waals surface area (Å²) in [5, 5.41) is 8.24. The molecule has 0 atom stereocenters. The van der Waals surface area contributed by atoms with Crippen LogP contribution in [0.2, 0.25) is 0 Å². The third-order valence-electron chi connectivity index (χ3n) is 3.99. The molecule has 0 saturated carbocycles. The van der Waals surface area contributed by atoms with E-state index in [0.717, 1.165) is 24.1 Å². The molecule has 6 heteroatoms. The quantitative estimate of drug-likeness (QED) is 0.917. The van der Waals surface area contributed by atoms with Crippen LogP contribution < -0.4 is 11.2 Å². The second-order valence-electron chi connectivity index (χ2n) is 6.34. The number of H-pyrrole nitrogens is 1. The molecule has 0 aromatic carbocycles. The van der Waals surface area contributed by atoms with Gasteiger partial charge in [0.1, 0.15) is 0 Å². The second-order valence-corrected chi connectivity index (χ2v) is 6.34. The van der Waals surface area contributed by atoms with Crippen molar-refractivity contribution in [2.75, 3.05) is 0 Å². The molecule has 0 bridgehead atoms. The monoisotopic (exact) mass is 298 g/mol. The first kappa shape index (κ1) is 14.4. The molecule has 2 aromatic rings. The van der Waals surface area contributed by atoms with Gasteiger partial charge in [-0.3, -0.25) is 14.3 Å². The van der Waals surface area contributed by atoms with E-state index in [1.165, 1.54) is 22.4 Å². The maximum atomic E-state index is 11.9. The standard InChI is InChI=1S/C16H18N4O2/c1-10-12(11-4-6-16(2,3)9-11)8-13(19-18-10)20-7-5-14(21)17-15(20)22/h5,7-9H,4,6H2,1-3H3,(H,17,21,22). The summed E-state index contributed by atoms with van der Waals surface area (Å²) in [4.78, 5) is 25.3. The predicted molar refractivity (Wildman–Crippen MR) is 84.0 cm³/mol. The van der Waals surface area contributed by atoms with E-state index in [2.05, 4.69) is 35.1 Å². The maximum Gasteiger partial charge on any atom is 0.334 e. The molecule has 1 aliphatic rings. The van der Waals surface area contributed by atoms with Crippen molar-refractivity contribution < 1.29 is 0 Å². The number of aromatic nitrogens is 4. The summed E-state index contributed by atoms with van der Waals surface area (Å²) in [6.45, 7) is 6.32. The van der Waals surface area contributed by atoms with Gasteiger partial charge in [-0.2, -0.15) is 5.10 Å². The van der Waals surface area contributed by atoms with Crippen molar-refractivity contribution in [2.24, 2.45) is 5.41 Å². The zero-order valence-corrected chi connectivity index (χ0v) is 12.9. The number of rotatable bonds is 2. The number of aromatic amines is 1. The lowest BCUT2D eigenvalue weighted by molar-refractivity contribution is 0.471. The normalized spacial score (nSPS) is 16.6. The van der Waals surface area contributed by atoms with Crippen molar-refractivity contribution >= 4 is 5.57 Å². The molecule has 3 rings (SSSR count). The fourth-order valence-electron chi connectivity index (χ4n) is 2.77. The SMILES string of the molecule is Cc1nnc(-n2ccc(=O)[nH]c2=O)cc1C1=CC(C)(C)CC1. The molecule has 0 amide bonds. The van der Waals surface area contributed by atoms with Gasteiger partial charge in [-0.05, 0) is 36.8 Å². The van der Waals surface area contributed by atoms with Gasteiger partial charge in [0.05, 0.1) is 5.69 Å². The summed E-state index contributed by atoms with van der Waals surface area (Å²) in [7, 11) is 0. The molecule has 22 heavy (non-hydrogen) atoms. The highest BCUT2D eigenvalue weighted by Gasteiger charge is 2.24. The van der Waals surface area contributed by atoms with Gasteiger partial charge in [0.25, 0.3) is 5.56 Å². The first-order valence-corrected chi connectivity index (χ1v) is 7.24. The van der Waals surface area contributed by atoms with E-state index in [-0.39, 0.29) is 5.41 Å². The molecular weight excluding hydrogens is 280 g/mol. The third kappa shape index (κ3) is 2.64. The van der Waals surface area contributed by atoms with Crippen LogP contribution in [0.15, 0.2) is 34.0 Å². The Morgan fingerprint density at radius 3 is 2.68 bits per heavy atom. The minimum Gasteiger partial charge on any atom is -0.274 e. The molecule has 0 saturated heterocycles. The topological polar surface area (TPSA) is 80.6 Å². The first-order chi connectivity index (χ1) is 10.4. The van der Waals surface area contributed by atoms with E-state index in [1.807, 2.05) is 13.0 Å². The highest BCUT2D eigenvalue weighted by molar-refractivity contribution is 5.70. The first-order valence-electron chi connectivity index (χ1n) is 7.24. The zero-order valence-electron chi connectivity index (χ0n) is 12.9. The van der Waals surface area contributed by atoms with Crippen LogP contribution in [-0.2, 0) is 0 Å². The van der Waals surface area contributed by atoms with Crippen molar-refractivity contribution in [1.29, 1.82) is 0 Å². The van der Waals surface area contributed by atoms with E-state index in [0.29, 0.717) is 5.82 Å². The van der Waals surface area contributed by atoms with Gasteiger partial charge in [-0.25, -0.2) is 4.79 Å². The highest BCUT2D eigenvalue weighted by Crippen LogP contribution is 2.40. The number of hydrogen-bond donors (Lipinski definition) is 1. The molecule has 114 valence electrons. The number of allylic oxidation sites excluding steroid dienone is 2. The van der Waals surface area contributed by atoms with E-state index >= 15 is 0 Å². The average Bonchev–Trinajstić information content (AvgIpc) is 2.80. The Kier molecular flexibility index (Phi) is 3.31. The Balaban J connectivity index is 2.11. The number of nitrogens with one attached hydrogen (secondary N) is 1. The predicted octanol–water partition coefficient (Wildman–Crippen LogP) is 1.83. The minimum absolute atomic E-state index is 0.181. The van der Waals surface area contributed by atoms with Crippen LogP contribution in [0.25, 0.3) is 11.4 Å². The van der Waals surface area contributed by atoms with Gasteiger partial charge in [0, 0.05) is 17.8 Å². The summed E-state index contributed by atoms with van der Waals surface area (Å²) in [6.07, 6.45) is 5.76. The Morgan fingerprint density at radius 1 is 1.27 bits per heavy atom. The summed E-state index contributed by atoms with van der Waals surface area (Å²) >= 11 is 0. The van der Waals surface area contributed by atoms with Crippen LogP contribution in [0, 0.1) is 12.3 Å². The molecule has 1 N–H and O–H groups in total. The minimum atomic E-state index is -0.516. The van der Waals surface area contributed by atoms with Crippen molar-refractivity contribution in [3.05, 3.63) is 56.5 Å². The van der Waals surface area contributed by atoms with Gasteiger partial charge in [-0.1, -0.05) is 19.9 Å². The molecule has 2 aromatic heterocycles. The second kappa shape index (κ2) is 5.05. The van der Waals surface area contributed by atoms with Crippen LogP contribution in [0.1, 0.15) is 37.9 Å². The number of aryl methyl sites for hydroxylation is 1. The molecule has 0 aliphatic heterocycles. The largest absolute Gasteiger partial charge is 0.334 e. The average molecular weight is 298 g/mol. The molecule has 6 nitrogen and oxygen atoms in total. The molecule has 0 spiro atoms. The Labute approximate surface area is 127 Å². The summed E-state index contributed by atoms with van der Waals surface area (Å²) in [5.41, 5.74) is 2.31. The molecule has 0 radical (unpaired) electrons. The molecule has 0 fully saturated rings. The Bertz CT molecular complexity index is 874. The van der Waals surface area contributed by atoms with Gasteiger partial charge in [-0.15, -0.1) is 5.10 Å². The van der Waals surface area contributed by atoms with Gasteiger partial charge >= 0.3 is 5.69 Å². The molecule has 0 unspecified atom stereocenters. The smallest absolute Gasteiger partial charge is 0.274 e. The van der Waals surface area contributed by atoms with Gasteiger partial charge in [0.15, 0.2) is 5.82 Å². The van der Waals surface area contributed by atoms with Crippen LogP contribution in [0.3, 0.4) is 0 Å². The van der Waals surface area contributed by atoms with E-state index in [4.69, 9.17) is 0 Å². The Hall–Kier alpha value is -2.50. The fourth-order valence-corrected chi connectivity index (χ4v) is 2.77. The molecule has 2 heterocycles. The summed E-state index contributed by atoms with van der Waals surface area (Å²) in [5.74, 6) is 0.410. The third-order valence-corrected chi connectivity index (χ3v) is 3.99. The van der Waals surface area contributed by atoms with Gasteiger partial charge < -0.3 is 0 Å². The van der Waals surface area contributed by atoms with Crippen LogP contribution in [0.5, 0.6) is 0 Å². The fraction of sp³-hybridized carbons (Fsp3) is 0.375. The summed E-state index contributed by atoms with van der Waals surface area (Å²) in [6, 6.07) is 3.15. The number of nitrogens with zero attached hydrogens (tertiary/aromatic N) is 3. The van der Waals surface area contributed by atoms with Crippen LogP contribution in [0.4, 0.5) is 0 Å². The van der Waals surface area contributed by atoms with Crippen molar-refractivity contribution in [3.8, 4) is 5.82 Å². The van der Waals surface area contributed by atoms with Crippen molar-refractivity contribution in [2.45, 2.75) is 33.6 Å². The van der Waals surface area contributed by atoms with E-state index in [1.54, 1.807) is 0 Å². The lowest BCUT2D eigenvalue weighted by Crippen LogP contribution is -2.28. The van der Waals surface area contributed by atoms with Crippen LogP contribution >= 0.6 is 0 Å². The lowest BCUT2D eigenvalue weighted by atomic mass is 9.94. The van der Waals surface area contributed by atoms with Crippen LogP contribution in [-0.4, -0.2) is 19.7 Å². The van der Waals surface area contributed by atoms with E-state index in [9.17, 15) is 9.59 Å². The maximum absolute atomic E-state index is 11.9. The van der Waals surface area contributed by atoms with Gasteiger partial charge in [0.2, 0.25) is 0 Å². The molecular formula is C16H18N4O2. The number of hydrogen-bond acceptors (Lipinski definition) is 4. The van der Waals surface area contributed by atoms with E-state index < -0.39 is 11.2 Å².